The molecule has 0 amide bonds. The summed E-state index contributed by atoms with van der Waals surface area (Å²) in [5, 5.41) is 10.2. The molecule has 0 radical (unpaired) electrons. The molecule has 1 aromatic heterocycles. The molecule has 1 heterocycles. The van der Waals surface area contributed by atoms with E-state index in [9.17, 15) is 23.1 Å². The van der Waals surface area contributed by atoms with Gasteiger partial charge in [0.2, 0.25) is 0 Å². The smallest absolute Gasteiger partial charge is 0.478 e. The normalized spacial score (nSPS) is 11.6. The first-order valence-electron chi connectivity index (χ1n) is 12.5. The Morgan fingerprint density at radius 1 is 0.905 bits per heavy atom. The third-order valence-corrected chi connectivity index (χ3v) is 6.85. The first-order valence-corrected chi connectivity index (χ1v) is 13.3. The van der Waals surface area contributed by atoms with E-state index in [2.05, 4.69) is 4.74 Å². The van der Waals surface area contributed by atoms with E-state index >= 15 is 0 Å². The number of rotatable bonds is 8. The molecule has 0 fully saturated rings. The zero-order valence-corrected chi connectivity index (χ0v) is 23.2. The lowest BCUT2D eigenvalue weighted by Crippen LogP contribution is -2.17. The van der Waals surface area contributed by atoms with Gasteiger partial charge in [0.05, 0.1) is 16.3 Å². The number of aromatic carboxylic acids is 1. The fourth-order valence-electron chi connectivity index (χ4n) is 4.30. The van der Waals surface area contributed by atoms with Crippen LogP contribution in [-0.2, 0) is 6.54 Å². The molecule has 1 N–H and O–H groups in total. The van der Waals surface area contributed by atoms with E-state index < -0.39 is 12.3 Å². The highest BCUT2D eigenvalue weighted by Crippen LogP contribution is 2.31. The molecule has 0 saturated carbocycles. The third kappa shape index (κ3) is 7.21. The Kier molecular flexibility index (Phi) is 8.38. The molecule has 5 aromatic rings. The van der Waals surface area contributed by atoms with Gasteiger partial charge < -0.3 is 14.4 Å². The van der Waals surface area contributed by atoms with Gasteiger partial charge in [0, 0.05) is 23.3 Å². The van der Waals surface area contributed by atoms with Gasteiger partial charge in [0.1, 0.15) is 11.6 Å². The van der Waals surface area contributed by atoms with Crippen LogP contribution in [0.4, 0.5) is 13.2 Å². The van der Waals surface area contributed by atoms with Crippen LogP contribution in [0.2, 0.25) is 10.0 Å². The van der Waals surface area contributed by atoms with Crippen molar-refractivity contribution in [1.29, 1.82) is 0 Å². The number of hydrogen-bond acceptors (Lipinski definition) is 3. The number of alkyl halides is 3. The van der Waals surface area contributed by atoms with E-state index in [1.165, 1.54) is 18.2 Å². The molecule has 0 unspecified atom stereocenters. The summed E-state index contributed by atoms with van der Waals surface area (Å²) in [6, 6.07) is 24.9. The summed E-state index contributed by atoms with van der Waals surface area (Å²) in [6.07, 6.45) is 0.803. The van der Waals surface area contributed by atoms with Crippen LogP contribution in [0.3, 0.4) is 0 Å². The number of carboxylic acid groups (broad SMARTS) is 1. The van der Waals surface area contributed by atoms with Crippen LogP contribution in [0.15, 0.2) is 97.2 Å². The van der Waals surface area contributed by atoms with E-state index in [1.54, 1.807) is 48.5 Å². The highest BCUT2D eigenvalue weighted by Gasteiger charge is 2.31. The van der Waals surface area contributed by atoms with E-state index in [0.717, 1.165) is 16.7 Å². The molecule has 0 aliphatic carbocycles. The Bertz CT molecular complexity index is 1760. The summed E-state index contributed by atoms with van der Waals surface area (Å²) in [6.45, 7) is 0.424. The Morgan fingerprint density at radius 2 is 1.64 bits per heavy atom. The fourth-order valence-corrected chi connectivity index (χ4v) is 4.80. The predicted molar refractivity (Wildman–Crippen MR) is 158 cm³/mol. The van der Waals surface area contributed by atoms with Gasteiger partial charge in [-0.1, -0.05) is 77.8 Å². The number of imidazole rings is 1. The number of carboxylic acids is 1. The number of benzene rings is 4. The minimum absolute atomic E-state index is 0.196. The number of aromatic nitrogens is 2. The topological polar surface area (TPSA) is 64.3 Å². The number of halogens is 5. The van der Waals surface area contributed by atoms with Crippen LogP contribution in [0.25, 0.3) is 34.5 Å². The SMILES string of the molecule is O=C(O)c1ccc(Cn2cc(-c3ccc(Cl)cc3Cl)nc2/C=C/c2ccc(-c3cccc(OC(F)(F)F)c3)cc2)cc1. The van der Waals surface area contributed by atoms with Gasteiger partial charge in [-0.15, -0.1) is 13.2 Å². The maximum Gasteiger partial charge on any atom is 0.573 e. The quantitative estimate of drug-likeness (QED) is 0.191. The average molecular weight is 609 g/mol. The van der Waals surface area contributed by atoms with Gasteiger partial charge in [-0.2, -0.15) is 0 Å². The standard InChI is InChI=1S/C32H21Cl2F3N2O3/c33-25-13-14-27(28(34)17-25)29-19-39(18-21-6-11-23(12-7-21)31(40)41)30(38-29)15-8-20-4-9-22(10-5-20)24-2-1-3-26(16-24)42-32(35,36)37/h1-17,19H,18H2,(H,40,41)/b15-8+. The molecule has 5 rings (SSSR count). The largest absolute Gasteiger partial charge is 0.573 e. The van der Waals surface area contributed by atoms with E-state index in [4.69, 9.17) is 28.2 Å². The first-order chi connectivity index (χ1) is 20.0. The van der Waals surface area contributed by atoms with Crippen LogP contribution in [0.5, 0.6) is 5.75 Å². The Balaban J connectivity index is 1.42. The van der Waals surface area contributed by atoms with Crippen molar-refractivity contribution >= 4 is 41.3 Å². The van der Waals surface area contributed by atoms with Gasteiger partial charge in [0.25, 0.3) is 0 Å². The van der Waals surface area contributed by atoms with Crippen molar-refractivity contribution in [3.05, 3.63) is 130 Å². The molecule has 0 bridgehead atoms. The van der Waals surface area contributed by atoms with Crippen LogP contribution >= 0.6 is 23.2 Å². The molecule has 0 spiro atoms. The first kappa shape index (κ1) is 29.0. The fraction of sp³-hybridized carbons (Fsp3) is 0.0625. The van der Waals surface area contributed by atoms with Crippen LogP contribution in [0.1, 0.15) is 27.3 Å². The molecule has 0 atom stereocenters. The number of nitrogens with zero attached hydrogens (tertiary/aromatic N) is 2. The van der Waals surface area contributed by atoms with Crippen molar-refractivity contribution in [2.45, 2.75) is 12.9 Å². The second-order valence-electron chi connectivity index (χ2n) is 9.27. The van der Waals surface area contributed by atoms with Crippen LogP contribution in [0, 0.1) is 0 Å². The highest BCUT2D eigenvalue weighted by atomic mass is 35.5. The molecule has 212 valence electrons. The summed E-state index contributed by atoms with van der Waals surface area (Å²) < 4.78 is 43.8. The minimum atomic E-state index is -4.76. The Morgan fingerprint density at radius 3 is 2.31 bits per heavy atom. The van der Waals surface area contributed by atoms with E-state index in [1.807, 2.05) is 47.2 Å². The molecule has 42 heavy (non-hydrogen) atoms. The monoisotopic (exact) mass is 608 g/mol. The van der Waals surface area contributed by atoms with Crippen molar-refractivity contribution in [2.24, 2.45) is 0 Å². The van der Waals surface area contributed by atoms with Crippen molar-refractivity contribution in [3.63, 3.8) is 0 Å². The van der Waals surface area contributed by atoms with Crippen molar-refractivity contribution in [2.75, 3.05) is 0 Å². The number of ether oxygens (including phenoxy) is 1. The lowest BCUT2D eigenvalue weighted by Gasteiger charge is -2.10. The highest BCUT2D eigenvalue weighted by molar-refractivity contribution is 6.36. The zero-order chi connectivity index (χ0) is 29.9. The lowest BCUT2D eigenvalue weighted by molar-refractivity contribution is -0.274. The molecule has 4 aromatic carbocycles. The molecular weight excluding hydrogens is 588 g/mol. The van der Waals surface area contributed by atoms with E-state index in [-0.39, 0.29) is 11.3 Å². The van der Waals surface area contributed by atoms with Crippen LogP contribution in [-0.4, -0.2) is 27.0 Å². The molecule has 5 nitrogen and oxygen atoms in total. The zero-order valence-electron chi connectivity index (χ0n) is 21.6. The maximum atomic E-state index is 12.6. The van der Waals surface area contributed by atoms with Crippen LogP contribution < -0.4 is 4.74 Å². The third-order valence-electron chi connectivity index (χ3n) is 6.30. The molecule has 0 aliphatic rings. The summed E-state index contributed by atoms with van der Waals surface area (Å²) in [7, 11) is 0. The van der Waals surface area contributed by atoms with Crippen molar-refractivity contribution < 1.29 is 27.8 Å². The van der Waals surface area contributed by atoms with Crippen molar-refractivity contribution in [1.82, 2.24) is 9.55 Å². The van der Waals surface area contributed by atoms with E-state index in [0.29, 0.717) is 39.2 Å². The number of hydrogen-bond donors (Lipinski definition) is 1. The summed E-state index contributed by atoms with van der Waals surface area (Å²) in [5.74, 6) is -0.662. The predicted octanol–water partition coefficient (Wildman–Crippen LogP) is 9.34. The van der Waals surface area contributed by atoms with Gasteiger partial charge in [-0.3, -0.25) is 0 Å². The molecule has 0 aliphatic heterocycles. The van der Waals surface area contributed by atoms with Crippen molar-refractivity contribution in [3.8, 4) is 28.1 Å². The summed E-state index contributed by atoms with van der Waals surface area (Å²) in [5.41, 5.74) is 4.56. The summed E-state index contributed by atoms with van der Waals surface area (Å²) in [4.78, 5) is 16.0. The Labute approximate surface area is 249 Å². The second-order valence-corrected chi connectivity index (χ2v) is 10.1. The molecule has 10 heteroatoms. The second kappa shape index (κ2) is 12.1. The minimum Gasteiger partial charge on any atom is -0.478 e. The van der Waals surface area contributed by atoms with Gasteiger partial charge in [-0.05, 0) is 70.8 Å². The van der Waals surface area contributed by atoms with Gasteiger partial charge in [-0.25, -0.2) is 9.78 Å². The molecular formula is C32H21Cl2F3N2O3. The summed E-state index contributed by atoms with van der Waals surface area (Å²) >= 11 is 12.5. The number of carbonyl (C=O) groups is 1. The lowest BCUT2D eigenvalue weighted by atomic mass is 10.0. The van der Waals surface area contributed by atoms with Gasteiger partial charge in [0.15, 0.2) is 0 Å². The molecule has 0 saturated heterocycles. The average Bonchev–Trinajstić information content (AvgIpc) is 3.33. The Hall–Kier alpha value is -4.53. The van der Waals surface area contributed by atoms with Gasteiger partial charge >= 0.3 is 12.3 Å². The maximum absolute atomic E-state index is 12.6.